The first-order chi connectivity index (χ1) is 16.9. The molecule has 176 valence electrons. The van der Waals surface area contributed by atoms with Gasteiger partial charge >= 0.3 is 0 Å². The number of carbonyl (C=O) groups excluding carboxylic acids is 1. The topological polar surface area (TPSA) is 70.1 Å². The average Bonchev–Trinajstić information content (AvgIpc) is 3.24. The number of benzene rings is 2. The Morgan fingerprint density at radius 3 is 2.49 bits per heavy atom. The third kappa shape index (κ3) is 3.99. The van der Waals surface area contributed by atoms with Gasteiger partial charge < -0.3 is 5.73 Å². The Kier molecular flexibility index (Phi) is 6.31. The molecule has 0 unspecified atom stereocenters. The maximum atomic E-state index is 14.0. The lowest BCUT2D eigenvalue weighted by Crippen LogP contribution is -2.40. The van der Waals surface area contributed by atoms with Crippen molar-refractivity contribution >= 4 is 34.6 Å². The summed E-state index contributed by atoms with van der Waals surface area (Å²) in [5.41, 5.74) is 13.0. The van der Waals surface area contributed by atoms with Gasteiger partial charge in [0.15, 0.2) is 5.78 Å². The van der Waals surface area contributed by atoms with Crippen LogP contribution in [-0.2, 0) is 4.79 Å². The minimum Gasteiger partial charge on any atom is -0.384 e. The highest BCUT2D eigenvalue weighted by Crippen LogP contribution is 2.51. The van der Waals surface area contributed by atoms with Gasteiger partial charge in [-0.1, -0.05) is 48.5 Å². The number of hydrogen-bond acceptors (Lipinski definition) is 6. The number of rotatable bonds is 4. The summed E-state index contributed by atoms with van der Waals surface area (Å²) in [6.45, 7) is 4.10. The van der Waals surface area contributed by atoms with Crippen LogP contribution in [0.15, 0.2) is 87.5 Å². The number of thioether (sulfide) groups is 1. The molecular weight excluding hydrogens is 470 g/mol. The van der Waals surface area contributed by atoms with E-state index in [0.717, 1.165) is 42.7 Å². The summed E-state index contributed by atoms with van der Waals surface area (Å²) in [4.78, 5) is 17.1. The number of nitrogens with two attached hydrogens (primary N) is 1. The largest absolute Gasteiger partial charge is 0.384 e. The third-order valence-electron chi connectivity index (χ3n) is 6.94. The predicted octanol–water partition coefficient (Wildman–Crippen LogP) is 6.79. The van der Waals surface area contributed by atoms with Crippen LogP contribution in [0.3, 0.4) is 0 Å². The predicted molar refractivity (Wildman–Crippen MR) is 145 cm³/mol. The molecule has 2 N–H and O–H groups in total. The summed E-state index contributed by atoms with van der Waals surface area (Å²) in [6.07, 6.45) is 3.16. The van der Waals surface area contributed by atoms with Gasteiger partial charge in [0.05, 0.1) is 27.5 Å². The van der Waals surface area contributed by atoms with E-state index in [4.69, 9.17) is 5.73 Å². The molecule has 2 aromatic carbocycles. The second-order valence-corrected chi connectivity index (χ2v) is 11.4. The molecule has 2 atom stereocenters. The first-order valence-corrected chi connectivity index (χ1v) is 13.7. The lowest BCUT2D eigenvalue weighted by atomic mass is 9.72. The third-order valence-corrected chi connectivity index (χ3v) is 9.16. The molecule has 0 amide bonds. The van der Waals surface area contributed by atoms with Crippen molar-refractivity contribution < 1.29 is 4.79 Å². The maximum Gasteiger partial charge on any atom is 0.162 e. The molecule has 5 rings (SSSR count). The van der Waals surface area contributed by atoms with E-state index in [1.165, 1.54) is 0 Å². The monoisotopic (exact) mass is 497 g/mol. The minimum atomic E-state index is -0.438. The van der Waals surface area contributed by atoms with Gasteiger partial charge in [0, 0.05) is 22.6 Å². The average molecular weight is 498 g/mol. The number of ketones is 1. The second-order valence-electron chi connectivity index (χ2n) is 9.07. The second kappa shape index (κ2) is 9.41. The number of carbonyl (C=O) groups is 1. The fourth-order valence-corrected chi connectivity index (χ4v) is 7.28. The van der Waals surface area contributed by atoms with Gasteiger partial charge in [-0.25, -0.2) is 0 Å². The number of nitriles is 1. The van der Waals surface area contributed by atoms with Gasteiger partial charge in [0.2, 0.25) is 0 Å². The fraction of sp³-hybridized carbons (Fsp3) is 0.241. The van der Waals surface area contributed by atoms with Crippen molar-refractivity contribution in [2.75, 3.05) is 11.2 Å². The number of para-hydroxylation sites is 1. The molecule has 3 aromatic rings. The Bertz CT molecular complexity index is 1410. The first-order valence-electron chi connectivity index (χ1n) is 11.7. The van der Waals surface area contributed by atoms with E-state index < -0.39 is 5.92 Å². The van der Waals surface area contributed by atoms with Gasteiger partial charge in [-0.15, -0.1) is 23.1 Å². The van der Waals surface area contributed by atoms with E-state index in [9.17, 15) is 10.1 Å². The number of hydrogen-bond donors (Lipinski definition) is 1. The molecule has 2 aliphatic rings. The molecule has 1 aromatic heterocycles. The molecule has 2 heterocycles. The summed E-state index contributed by atoms with van der Waals surface area (Å²) in [5.74, 6) is 0.144. The molecule has 4 nitrogen and oxygen atoms in total. The zero-order chi connectivity index (χ0) is 24.7. The molecule has 0 fully saturated rings. The quantitative estimate of drug-likeness (QED) is 0.402. The SMILES string of the molecule is CSc1sc(C)cc1[C@H]1C(C#N)=C(N)N(c2ccccc2C)C2=C1C(=O)C[C@@H](c1ccccc1)C2. The molecule has 6 heteroatoms. The zero-order valence-corrected chi connectivity index (χ0v) is 21.7. The van der Waals surface area contributed by atoms with Crippen molar-refractivity contribution in [2.45, 2.75) is 42.7 Å². The van der Waals surface area contributed by atoms with Gasteiger partial charge in [-0.3, -0.25) is 9.69 Å². The number of thiophene rings is 1. The molecule has 0 bridgehead atoms. The van der Waals surface area contributed by atoms with Crippen LogP contribution in [0.4, 0.5) is 5.69 Å². The van der Waals surface area contributed by atoms with E-state index >= 15 is 0 Å². The molecule has 35 heavy (non-hydrogen) atoms. The Balaban J connectivity index is 1.77. The highest BCUT2D eigenvalue weighted by molar-refractivity contribution is 8.00. The highest BCUT2D eigenvalue weighted by atomic mass is 32.2. The Morgan fingerprint density at radius 1 is 1.09 bits per heavy atom. The summed E-state index contributed by atoms with van der Waals surface area (Å²) in [6, 6.07) is 22.8. The van der Waals surface area contributed by atoms with Crippen LogP contribution in [0.1, 0.15) is 46.2 Å². The van der Waals surface area contributed by atoms with Crippen LogP contribution in [0.5, 0.6) is 0 Å². The van der Waals surface area contributed by atoms with Gasteiger partial charge in [-0.2, -0.15) is 5.26 Å². The Hall–Kier alpha value is -3.27. The van der Waals surface area contributed by atoms with Crippen LogP contribution in [-0.4, -0.2) is 12.0 Å². The van der Waals surface area contributed by atoms with Crippen LogP contribution >= 0.6 is 23.1 Å². The fourth-order valence-electron chi connectivity index (χ4n) is 5.36. The molecule has 0 saturated heterocycles. The van der Waals surface area contributed by atoms with Crippen LogP contribution in [0.25, 0.3) is 0 Å². The molecule has 0 spiro atoms. The number of Topliss-reactive ketones (excluding diaryl/α,β-unsaturated/α-hetero) is 1. The van der Waals surface area contributed by atoms with Crippen molar-refractivity contribution in [1.29, 1.82) is 5.26 Å². The number of allylic oxidation sites excluding steroid dienone is 3. The van der Waals surface area contributed by atoms with E-state index in [1.54, 1.807) is 23.1 Å². The van der Waals surface area contributed by atoms with Crippen molar-refractivity contribution in [1.82, 2.24) is 0 Å². The van der Waals surface area contributed by atoms with E-state index in [1.807, 2.05) is 60.5 Å². The molecule has 0 saturated carbocycles. The summed E-state index contributed by atoms with van der Waals surface area (Å²) in [7, 11) is 0. The minimum absolute atomic E-state index is 0.0651. The summed E-state index contributed by atoms with van der Waals surface area (Å²) >= 11 is 3.36. The summed E-state index contributed by atoms with van der Waals surface area (Å²) in [5, 5.41) is 10.4. The van der Waals surface area contributed by atoms with E-state index in [0.29, 0.717) is 24.2 Å². The van der Waals surface area contributed by atoms with E-state index in [2.05, 4.69) is 31.2 Å². The van der Waals surface area contributed by atoms with Gasteiger partial charge in [-0.05, 0) is 61.3 Å². The van der Waals surface area contributed by atoms with Crippen LogP contribution in [0, 0.1) is 25.2 Å². The van der Waals surface area contributed by atoms with Crippen molar-refractivity contribution in [2.24, 2.45) is 5.73 Å². The zero-order valence-electron chi connectivity index (χ0n) is 20.0. The van der Waals surface area contributed by atoms with Crippen molar-refractivity contribution in [3.8, 4) is 6.07 Å². The highest BCUT2D eigenvalue weighted by Gasteiger charge is 2.44. The normalized spacial score (nSPS) is 20.2. The Morgan fingerprint density at radius 2 is 1.80 bits per heavy atom. The van der Waals surface area contributed by atoms with Gasteiger partial charge in [0.1, 0.15) is 5.82 Å². The lowest BCUT2D eigenvalue weighted by molar-refractivity contribution is -0.116. The first kappa shape index (κ1) is 23.5. The van der Waals surface area contributed by atoms with Crippen LogP contribution < -0.4 is 10.6 Å². The number of aryl methyl sites for hydroxylation is 2. The molecule has 1 aliphatic heterocycles. The van der Waals surface area contributed by atoms with Gasteiger partial charge in [0.25, 0.3) is 0 Å². The van der Waals surface area contributed by atoms with Crippen LogP contribution in [0.2, 0.25) is 0 Å². The Labute approximate surface area is 214 Å². The van der Waals surface area contributed by atoms with E-state index in [-0.39, 0.29) is 11.7 Å². The molecule has 1 aliphatic carbocycles. The number of anilines is 1. The molecular formula is C29H27N3OS2. The summed E-state index contributed by atoms with van der Waals surface area (Å²) < 4.78 is 1.13. The molecule has 0 radical (unpaired) electrons. The van der Waals surface area contributed by atoms with Crippen molar-refractivity contribution in [3.05, 3.63) is 105 Å². The standard InChI is InChI=1S/C29H27N3OS2/c1-17-9-7-8-12-23(17)32-24-14-20(19-10-5-4-6-11-19)15-25(33)27(24)26(22(16-30)28(32)31)21-13-18(2)35-29(21)34-3/h4-13,20,26H,14-15,31H2,1-3H3/t20-,26-/m0/s1. The smallest absolute Gasteiger partial charge is 0.162 e. The lowest BCUT2D eigenvalue weighted by Gasteiger charge is -2.42. The maximum absolute atomic E-state index is 14.0. The van der Waals surface area contributed by atoms with Crippen molar-refractivity contribution in [3.63, 3.8) is 0 Å². The number of nitrogens with zero attached hydrogens (tertiary/aromatic N) is 2.